The van der Waals surface area contributed by atoms with Crippen molar-refractivity contribution < 1.29 is 13.5 Å². The van der Waals surface area contributed by atoms with Gasteiger partial charge in [-0.2, -0.15) is 9.65 Å². The molecule has 0 amide bonds. The molecule has 0 spiro atoms. The van der Waals surface area contributed by atoms with Gasteiger partial charge in [-0.1, -0.05) is 6.92 Å². The van der Waals surface area contributed by atoms with Crippen LogP contribution in [0.5, 0.6) is 5.75 Å². The second kappa shape index (κ2) is 5.71. The standard InChI is InChI=1S/C11H11F2NOS/c1-3-4-16-9-5-8(12)10(13)11(15-2)7(9)6-14/h5H,3-4H2,1-2H3. The molecule has 2 nitrogen and oxygen atoms in total. The van der Waals surface area contributed by atoms with Gasteiger partial charge in [0.1, 0.15) is 11.6 Å². The fraction of sp³-hybridized carbons (Fsp3) is 0.364. The first kappa shape index (κ1) is 12.8. The third kappa shape index (κ3) is 2.45. The Kier molecular flexibility index (Phi) is 4.56. The highest BCUT2D eigenvalue weighted by Gasteiger charge is 2.19. The Labute approximate surface area is 97.2 Å². The number of ether oxygens (including phenoxy) is 1. The van der Waals surface area contributed by atoms with Gasteiger partial charge in [-0.25, -0.2) is 4.39 Å². The zero-order valence-corrected chi connectivity index (χ0v) is 9.83. The molecule has 0 unspecified atom stereocenters. The Morgan fingerprint density at radius 1 is 1.50 bits per heavy atom. The summed E-state index contributed by atoms with van der Waals surface area (Å²) in [6, 6.07) is 2.88. The van der Waals surface area contributed by atoms with E-state index in [2.05, 4.69) is 0 Å². The topological polar surface area (TPSA) is 33.0 Å². The second-order valence-electron chi connectivity index (χ2n) is 3.04. The molecule has 0 saturated heterocycles. The first-order valence-corrected chi connectivity index (χ1v) is 5.73. The summed E-state index contributed by atoms with van der Waals surface area (Å²) in [6.45, 7) is 1.97. The van der Waals surface area contributed by atoms with Crippen LogP contribution in [-0.2, 0) is 0 Å². The lowest BCUT2D eigenvalue weighted by atomic mass is 10.2. The van der Waals surface area contributed by atoms with Crippen LogP contribution in [0, 0.1) is 23.0 Å². The number of hydrogen-bond acceptors (Lipinski definition) is 3. The molecule has 0 saturated carbocycles. The van der Waals surface area contributed by atoms with Crippen LogP contribution in [0.4, 0.5) is 8.78 Å². The summed E-state index contributed by atoms with van der Waals surface area (Å²) < 4.78 is 31.2. The minimum atomic E-state index is -1.11. The molecule has 0 N–H and O–H groups in total. The van der Waals surface area contributed by atoms with E-state index in [1.807, 2.05) is 13.0 Å². The third-order valence-electron chi connectivity index (χ3n) is 1.92. The van der Waals surface area contributed by atoms with E-state index in [-0.39, 0.29) is 11.3 Å². The quantitative estimate of drug-likeness (QED) is 0.760. The van der Waals surface area contributed by atoms with E-state index in [1.165, 1.54) is 18.9 Å². The van der Waals surface area contributed by atoms with Gasteiger partial charge in [-0.05, 0) is 18.2 Å². The predicted molar refractivity (Wildman–Crippen MR) is 58.6 cm³/mol. The first-order valence-electron chi connectivity index (χ1n) is 4.74. The molecule has 0 fully saturated rings. The van der Waals surface area contributed by atoms with Crippen LogP contribution in [0.2, 0.25) is 0 Å². The van der Waals surface area contributed by atoms with Crippen molar-refractivity contribution in [3.05, 3.63) is 23.3 Å². The summed E-state index contributed by atoms with van der Waals surface area (Å²) in [5, 5.41) is 8.91. The van der Waals surface area contributed by atoms with Gasteiger partial charge in [0.15, 0.2) is 11.6 Å². The fourth-order valence-corrected chi connectivity index (χ4v) is 2.10. The van der Waals surface area contributed by atoms with E-state index in [9.17, 15) is 8.78 Å². The Bertz CT molecular complexity index is 429. The van der Waals surface area contributed by atoms with Gasteiger partial charge >= 0.3 is 0 Å². The van der Waals surface area contributed by atoms with Gasteiger partial charge in [0.25, 0.3) is 0 Å². The van der Waals surface area contributed by atoms with Crippen molar-refractivity contribution >= 4 is 11.8 Å². The minimum absolute atomic E-state index is 0.0554. The molecule has 16 heavy (non-hydrogen) atoms. The Hall–Kier alpha value is -1.28. The molecule has 0 radical (unpaired) electrons. The number of benzene rings is 1. The van der Waals surface area contributed by atoms with Crippen molar-refractivity contribution in [3.8, 4) is 11.8 Å². The monoisotopic (exact) mass is 243 g/mol. The van der Waals surface area contributed by atoms with Crippen molar-refractivity contribution in [2.75, 3.05) is 12.9 Å². The van der Waals surface area contributed by atoms with Crippen LogP contribution in [0.25, 0.3) is 0 Å². The normalized spacial score (nSPS) is 9.94. The smallest absolute Gasteiger partial charge is 0.202 e. The molecule has 0 bridgehead atoms. The molecule has 86 valence electrons. The van der Waals surface area contributed by atoms with Gasteiger partial charge in [-0.3, -0.25) is 0 Å². The highest BCUT2D eigenvalue weighted by Crippen LogP contribution is 2.33. The highest BCUT2D eigenvalue weighted by atomic mass is 32.2. The van der Waals surface area contributed by atoms with E-state index in [1.54, 1.807) is 0 Å². The summed E-state index contributed by atoms with van der Waals surface area (Å²) in [5.41, 5.74) is 0.0554. The molecule has 5 heteroatoms. The zero-order valence-electron chi connectivity index (χ0n) is 9.01. The Morgan fingerprint density at radius 3 is 2.69 bits per heavy atom. The molecule has 1 rings (SSSR count). The minimum Gasteiger partial charge on any atom is -0.492 e. The Morgan fingerprint density at radius 2 is 2.19 bits per heavy atom. The van der Waals surface area contributed by atoms with Crippen LogP contribution >= 0.6 is 11.8 Å². The average molecular weight is 243 g/mol. The molecular formula is C11H11F2NOS. The molecule has 1 aromatic rings. The van der Waals surface area contributed by atoms with E-state index in [4.69, 9.17) is 10.00 Å². The predicted octanol–water partition coefficient (Wildman–Crippen LogP) is 3.35. The lowest BCUT2D eigenvalue weighted by molar-refractivity contribution is 0.368. The largest absolute Gasteiger partial charge is 0.492 e. The molecule has 0 atom stereocenters. The van der Waals surface area contributed by atoms with Gasteiger partial charge < -0.3 is 4.74 Å². The number of rotatable bonds is 4. The number of hydrogen-bond donors (Lipinski definition) is 0. The first-order chi connectivity index (χ1) is 7.65. The van der Waals surface area contributed by atoms with Crippen molar-refractivity contribution in [2.45, 2.75) is 18.2 Å². The molecule has 1 aromatic carbocycles. The summed E-state index contributed by atoms with van der Waals surface area (Å²) in [7, 11) is 1.22. The molecule has 0 heterocycles. The van der Waals surface area contributed by atoms with E-state index >= 15 is 0 Å². The SMILES string of the molecule is CCCSc1cc(F)c(F)c(OC)c1C#N. The number of nitriles is 1. The molecule has 0 aromatic heterocycles. The maximum absolute atomic E-state index is 13.3. The molecule has 0 aliphatic rings. The number of methoxy groups -OCH3 is 1. The number of nitrogens with zero attached hydrogens (tertiary/aromatic N) is 1. The van der Waals surface area contributed by atoms with Crippen molar-refractivity contribution in [3.63, 3.8) is 0 Å². The van der Waals surface area contributed by atoms with Crippen molar-refractivity contribution in [1.82, 2.24) is 0 Å². The molecule has 0 aliphatic carbocycles. The fourth-order valence-electron chi connectivity index (χ4n) is 1.20. The highest BCUT2D eigenvalue weighted by molar-refractivity contribution is 7.99. The van der Waals surface area contributed by atoms with Crippen molar-refractivity contribution in [1.29, 1.82) is 5.26 Å². The van der Waals surface area contributed by atoms with Gasteiger partial charge in [0, 0.05) is 4.90 Å². The zero-order chi connectivity index (χ0) is 12.1. The molecular weight excluding hydrogens is 232 g/mol. The van der Waals surface area contributed by atoms with Gasteiger partial charge in [0.05, 0.1) is 7.11 Å². The van der Waals surface area contributed by atoms with Crippen LogP contribution in [-0.4, -0.2) is 12.9 Å². The Balaban J connectivity index is 3.28. The summed E-state index contributed by atoms with van der Waals surface area (Å²) in [4.78, 5) is 0.417. The van der Waals surface area contributed by atoms with Gasteiger partial charge in [0.2, 0.25) is 5.82 Å². The van der Waals surface area contributed by atoms with Gasteiger partial charge in [-0.15, -0.1) is 11.8 Å². The van der Waals surface area contributed by atoms with Crippen LogP contribution in [0.1, 0.15) is 18.9 Å². The van der Waals surface area contributed by atoms with E-state index in [0.29, 0.717) is 4.90 Å². The van der Waals surface area contributed by atoms with E-state index < -0.39 is 11.6 Å². The lowest BCUT2D eigenvalue weighted by Crippen LogP contribution is -1.98. The maximum Gasteiger partial charge on any atom is 0.202 e. The van der Waals surface area contributed by atoms with Crippen LogP contribution in [0.15, 0.2) is 11.0 Å². The summed E-state index contributed by atoms with van der Waals surface area (Å²) in [6.07, 6.45) is 0.886. The number of halogens is 2. The maximum atomic E-state index is 13.3. The number of thioether (sulfide) groups is 1. The van der Waals surface area contributed by atoms with E-state index in [0.717, 1.165) is 18.2 Å². The van der Waals surface area contributed by atoms with Crippen molar-refractivity contribution in [2.24, 2.45) is 0 Å². The average Bonchev–Trinajstić information content (AvgIpc) is 2.29. The second-order valence-corrected chi connectivity index (χ2v) is 4.18. The summed E-state index contributed by atoms with van der Waals surface area (Å²) in [5.74, 6) is -1.68. The lowest BCUT2D eigenvalue weighted by Gasteiger charge is -2.09. The third-order valence-corrected chi connectivity index (χ3v) is 3.16. The summed E-state index contributed by atoms with van der Waals surface area (Å²) >= 11 is 1.31. The van der Waals surface area contributed by atoms with Crippen LogP contribution < -0.4 is 4.74 Å². The van der Waals surface area contributed by atoms with Crippen LogP contribution in [0.3, 0.4) is 0 Å². The molecule has 0 aliphatic heterocycles.